The highest BCUT2D eigenvalue weighted by molar-refractivity contribution is 8.76. The van der Waals surface area contributed by atoms with E-state index in [1.807, 2.05) is 61.0 Å². The van der Waals surface area contributed by atoms with Gasteiger partial charge in [-0.3, -0.25) is 19.2 Å². The lowest BCUT2D eigenvalue weighted by Gasteiger charge is -2.36. The van der Waals surface area contributed by atoms with Crippen LogP contribution in [0.2, 0.25) is 0 Å². The molecular formula is C40H56N6O8S4. The van der Waals surface area contributed by atoms with Crippen molar-refractivity contribution in [3.63, 3.8) is 0 Å². The fourth-order valence-electron chi connectivity index (χ4n) is 6.77. The normalized spacial score (nSPS) is 17.0. The average molecular weight is 877 g/mol. The molecule has 0 radical (unpaired) electrons. The molecule has 0 bridgehead atoms. The number of methoxy groups -OCH3 is 2. The number of thioether (sulfide) groups is 2. The minimum Gasteiger partial charge on any atom is -0.467 e. The van der Waals surface area contributed by atoms with Crippen LogP contribution in [0.4, 0.5) is 0 Å². The van der Waals surface area contributed by atoms with Crippen molar-refractivity contribution in [3.05, 3.63) is 70.8 Å². The predicted molar refractivity (Wildman–Crippen MR) is 234 cm³/mol. The molecule has 0 unspecified atom stereocenters. The fraction of sp³-hybridized carbons (Fsp3) is 0.550. The standard InChI is InChI=1S/C40H56N6O8S4/c1-53-39(51)31(13-17-55-3)43-37(49)33-21-27-9-5-7-11-29(27)25-45(33)35(47)23-41-15-19-57-58-20-16-42-24-36(48)46-26-30-12-8-6-10-28(30)22-34(46)38(50)44-32(14-18-56-4)40(52)54-2/h5-12,31-34,41-42H,13-26H2,1-4H3,(H,43,49)(H,44,50)/t31-,32-,33-,34-/m0/s1. The number of esters is 2. The molecule has 18 heteroatoms. The largest absolute Gasteiger partial charge is 0.467 e. The van der Waals surface area contributed by atoms with E-state index in [1.165, 1.54) is 14.2 Å². The molecule has 4 atom stereocenters. The second kappa shape index (κ2) is 25.3. The first-order valence-electron chi connectivity index (χ1n) is 19.2. The zero-order chi connectivity index (χ0) is 41.9. The first-order chi connectivity index (χ1) is 28.1. The quantitative estimate of drug-likeness (QED) is 0.0728. The molecule has 318 valence electrons. The highest BCUT2D eigenvalue weighted by Gasteiger charge is 2.37. The van der Waals surface area contributed by atoms with Crippen LogP contribution in [0, 0.1) is 0 Å². The molecule has 0 spiro atoms. The third kappa shape index (κ3) is 14.1. The van der Waals surface area contributed by atoms with E-state index in [9.17, 15) is 28.8 Å². The zero-order valence-electron chi connectivity index (χ0n) is 33.6. The monoisotopic (exact) mass is 876 g/mol. The maximum Gasteiger partial charge on any atom is 0.328 e. The molecule has 4 amide bonds. The molecule has 2 aliphatic rings. The summed E-state index contributed by atoms with van der Waals surface area (Å²) in [6.07, 6.45) is 5.42. The van der Waals surface area contributed by atoms with Crippen molar-refractivity contribution in [1.29, 1.82) is 0 Å². The van der Waals surface area contributed by atoms with Gasteiger partial charge in [-0.1, -0.05) is 70.1 Å². The molecule has 4 N–H and O–H groups in total. The summed E-state index contributed by atoms with van der Waals surface area (Å²) < 4.78 is 9.84. The van der Waals surface area contributed by atoms with Crippen LogP contribution in [0.1, 0.15) is 35.1 Å². The Balaban J connectivity index is 1.19. The van der Waals surface area contributed by atoms with E-state index in [0.29, 0.717) is 63.4 Å². The van der Waals surface area contributed by atoms with Gasteiger partial charge < -0.3 is 40.5 Å². The smallest absolute Gasteiger partial charge is 0.328 e. The van der Waals surface area contributed by atoms with Gasteiger partial charge in [-0.15, -0.1) is 0 Å². The summed E-state index contributed by atoms with van der Waals surface area (Å²) in [4.78, 5) is 82.0. The fourth-order valence-corrected chi connectivity index (χ4v) is 9.61. The molecule has 0 fully saturated rings. The Bertz CT molecular complexity index is 1580. The molecule has 2 aromatic rings. The van der Waals surface area contributed by atoms with E-state index < -0.39 is 36.1 Å². The molecule has 0 saturated carbocycles. The van der Waals surface area contributed by atoms with Crippen LogP contribution < -0.4 is 21.3 Å². The molecule has 0 saturated heterocycles. The summed E-state index contributed by atoms with van der Waals surface area (Å²) in [5.74, 6) is 0.635. The Morgan fingerprint density at radius 3 is 1.36 bits per heavy atom. The highest BCUT2D eigenvalue weighted by Crippen LogP contribution is 2.26. The first-order valence-corrected chi connectivity index (χ1v) is 24.5. The predicted octanol–water partition coefficient (Wildman–Crippen LogP) is 2.28. The Kier molecular flexibility index (Phi) is 20.6. The van der Waals surface area contributed by atoms with E-state index >= 15 is 0 Å². The molecule has 2 aromatic carbocycles. The molecule has 58 heavy (non-hydrogen) atoms. The number of carbonyl (C=O) groups excluding carboxylic acids is 6. The summed E-state index contributed by atoms with van der Waals surface area (Å²) in [6.45, 7) is 1.88. The Labute approximate surface area is 358 Å². The van der Waals surface area contributed by atoms with Crippen molar-refractivity contribution in [3.8, 4) is 0 Å². The van der Waals surface area contributed by atoms with Gasteiger partial charge in [0.05, 0.1) is 27.3 Å². The number of benzene rings is 2. The van der Waals surface area contributed by atoms with Crippen LogP contribution in [-0.2, 0) is 64.2 Å². The molecule has 2 aliphatic heterocycles. The number of fused-ring (bicyclic) bond motifs is 2. The number of amides is 4. The summed E-state index contributed by atoms with van der Waals surface area (Å²) in [7, 11) is 5.88. The number of nitrogens with one attached hydrogen (secondary N) is 4. The number of hydrogen-bond donors (Lipinski definition) is 4. The van der Waals surface area contributed by atoms with Crippen molar-refractivity contribution in [2.45, 2.75) is 62.9 Å². The number of rotatable bonds is 23. The van der Waals surface area contributed by atoms with Gasteiger partial charge in [0, 0.05) is 50.5 Å². The van der Waals surface area contributed by atoms with Crippen LogP contribution in [-0.4, -0.2) is 145 Å². The van der Waals surface area contributed by atoms with Gasteiger partial charge in [0.25, 0.3) is 0 Å². The summed E-state index contributed by atoms with van der Waals surface area (Å²) >= 11 is 3.14. The third-order valence-electron chi connectivity index (χ3n) is 9.93. The van der Waals surface area contributed by atoms with Gasteiger partial charge in [0.2, 0.25) is 23.6 Å². The molecule has 14 nitrogen and oxygen atoms in total. The van der Waals surface area contributed by atoms with Crippen LogP contribution in [0.15, 0.2) is 48.5 Å². The Morgan fingerprint density at radius 2 is 1.00 bits per heavy atom. The van der Waals surface area contributed by atoms with Gasteiger partial charge >= 0.3 is 11.9 Å². The van der Waals surface area contributed by atoms with Crippen molar-refractivity contribution in [2.24, 2.45) is 0 Å². The molecule has 4 rings (SSSR count). The van der Waals surface area contributed by atoms with Crippen LogP contribution >= 0.6 is 45.1 Å². The van der Waals surface area contributed by atoms with Crippen molar-refractivity contribution in [1.82, 2.24) is 31.1 Å². The topological polar surface area (TPSA) is 175 Å². The lowest BCUT2D eigenvalue weighted by atomic mass is 9.93. The van der Waals surface area contributed by atoms with E-state index in [2.05, 4.69) is 21.3 Å². The van der Waals surface area contributed by atoms with Crippen molar-refractivity contribution < 1.29 is 38.2 Å². The minimum atomic E-state index is -0.788. The summed E-state index contributed by atoms with van der Waals surface area (Å²) in [5.41, 5.74) is 3.99. The van der Waals surface area contributed by atoms with Gasteiger partial charge in [0.15, 0.2) is 0 Å². The third-order valence-corrected chi connectivity index (χ3v) is 13.6. The van der Waals surface area contributed by atoms with Gasteiger partial charge in [-0.25, -0.2) is 9.59 Å². The molecule has 0 aliphatic carbocycles. The van der Waals surface area contributed by atoms with E-state index in [-0.39, 0.29) is 36.7 Å². The number of ether oxygens (including phenoxy) is 2. The minimum absolute atomic E-state index is 0.0644. The Hall–Kier alpha value is -3.42. The van der Waals surface area contributed by atoms with Gasteiger partial charge in [-0.05, 0) is 59.1 Å². The van der Waals surface area contributed by atoms with Crippen LogP contribution in [0.25, 0.3) is 0 Å². The lowest BCUT2D eigenvalue weighted by Crippen LogP contribution is -2.57. The molecule has 0 aromatic heterocycles. The number of nitrogens with zero attached hydrogens (tertiary/aromatic N) is 2. The zero-order valence-corrected chi connectivity index (χ0v) is 36.9. The van der Waals surface area contributed by atoms with Crippen LogP contribution in [0.3, 0.4) is 0 Å². The van der Waals surface area contributed by atoms with Gasteiger partial charge in [-0.2, -0.15) is 23.5 Å². The van der Waals surface area contributed by atoms with E-state index in [1.54, 1.807) is 54.9 Å². The first kappa shape index (κ1) is 47.3. The highest BCUT2D eigenvalue weighted by atomic mass is 33.1. The maximum absolute atomic E-state index is 13.5. The Morgan fingerprint density at radius 1 is 0.621 bits per heavy atom. The van der Waals surface area contributed by atoms with Crippen molar-refractivity contribution in [2.75, 3.05) is 75.9 Å². The van der Waals surface area contributed by atoms with Crippen molar-refractivity contribution >= 4 is 80.7 Å². The van der Waals surface area contributed by atoms with E-state index in [0.717, 1.165) is 33.8 Å². The average Bonchev–Trinajstić information content (AvgIpc) is 3.25. The summed E-state index contributed by atoms with van der Waals surface area (Å²) in [6, 6.07) is 12.4. The van der Waals surface area contributed by atoms with Gasteiger partial charge in [0.1, 0.15) is 24.2 Å². The molecule has 2 heterocycles. The SMILES string of the molecule is COC(=O)[C@H](CCSC)NC(=O)[C@@H]1Cc2ccccc2CN1C(=O)CNCCSSCCNCC(=O)N1Cc2ccccc2C[C@H]1C(=O)N[C@@H](CCSC)C(=O)OC. The summed E-state index contributed by atoms with van der Waals surface area (Å²) in [5, 5.41) is 12.1. The lowest BCUT2D eigenvalue weighted by molar-refractivity contribution is -0.147. The second-order valence-electron chi connectivity index (χ2n) is 13.7. The van der Waals surface area contributed by atoms with Crippen LogP contribution in [0.5, 0.6) is 0 Å². The number of hydrogen-bond acceptors (Lipinski definition) is 14. The second-order valence-corrected chi connectivity index (χ2v) is 18.4. The molecular weight excluding hydrogens is 821 g/mol. The maximum atomic E-state index is 13.5. The number of carbonyl (C=O) groups is 6. The van der Waals surface area contributed by atoms with E-state index in [4.69, 9.17) is 9.47 Å².